The van der Waals surface area contributed by atoms with Gasteiger partial charge in [0.15, 0.2) is 0 Å². The molecule has 1 rings (SSSR count). The Morgan fingerprint density at radius 1 is 1.73 bits per heavy atom. The van der Waals surface area contributed by atoms with Gasteiger partial charge in [-0.25, -0.2) is 4.79 Å². The minimum atomic E-state index is -0.589. The van der Waals surface area contributed by atoms with Crippen LogP contribution in [0.2, 0.25) is 0 Å². The van der Waals surface area contributed by atoms with Crippen LogP contribution in [0.25, 0.3) is 0 Å². The van der Waals surface area contributed by atoms with Crippen LogP contribution in [0.3, 0.4) is 0 Å². The second-order valence-corrected chi connectivity index (χ2v) is 2.63. The van der Waals surface area contributed by atoms with E-state index in [9.17, 15) is 4.79 Å². The van der Waals surface area contributed by atoms with Crippen LogP contribution in [-0.2, 0) is 14.3 Å². The number of hydrogen-bond donors (Lipinski definition) is 1. The van der Waals surface area contributed by atoms with Gasteiger partial charge in [-0.2, -0.15) is 0 Å². The zero-order chi connectivity index (χ0) is 8.32. The van der Waals surface area contributed by atoms with E-state index in [4.69, 9.17) is 4.74 Å². The molecular weight excluding hydrogens is 146 g/mol. The number of ether oxygens (including phenoxy) is 2. The lowest BCUT2D eigenvalue weighted by Gasteiger charge is -2.22. The molecule has 0 radical (unpaired) electrons. The normalized spacial score (nSPS) is 30.4. The average molecular weight is 159 g/mol. The molecule has 64 valence electrons. The van der Waals surface area contributed by atoms with Crippen LogP contribution in [-0.4, -0.2) is 38.9 Å². The first kappa shape index (κ1) is 8.49. The molecule has 1 N–H and O–H groups in total. The number of nitrogens with one attached hydrogen (secondary N) is 1. The SMILES string of the molecule is CNC1(C(=O)OC)CCOC1. The van der Waals surface area contributed by atoms with Gasteiger partial charge in [-0.15, -0.1) is 0 Å². The van der Waals surface area contributed by atoms with Crippen LogP contribution in [0, 0.1) is 0 Å². The molecule has 0 aliphatic carbocycles. The molecule has 1 saturated heterocycles. The summed E-state index contributed by atoms with van der Waals surface area (Å²) in [6, 6.07) is 0. The zero-order valence-corrected chi connectivity index (χ0v) is 6.85. The Morgan fingerprint density at radius 3 is 2.82 bits per heavy atom. The highest BCUT2D eigenvalue weighted by molar-refractivity contribution is 5.81. The molecule has 0 saturated carbocycles. The molecule has 1 fully saturated rings. The van der Waals surface area contributed by atoms with Crippen molar-refractivity contribution in [3.63, 3.8) is 0 Å². The van der Waals surface area contributed by atoms with Gasteiger partial charge in [-0.3, -0.25) is 0 Å². The van der Waals surface area contributed by atoms with E-state index in [0.717, 1.165) is 0 Å². The van der Waals surface area contributed by atoms with E-state index in [-0.39, 0.29) is 5.97 Å². The van der Waals surface area contributed by atoms with Gasteiger partial charge in [0.25, 0.3) is 0 Å². The second-order valence-electron chi connectivity index (χ2n) is 2.63. The molecule has 1 aliphatic heterocycles. The molecule has 1 unspecified atom stereocenters. The molecule has 0 spiro atoms. The molecule has 1 heterocycles. The molecule has 0 aromatic carbocycles. The van der Waals surface area contributed by atoms with Crippen LogP contribution in [0.4, 0.5) is 0 Å². The summed E-state index contributed by atoms with van der Waals surface area (Å²) in [5.41, 5.74) is -0.589. The van der Waals surface area contributed by atoms with Crippen LogP contribution in [0.1, 0.15) is 6.42 Å². The van der Waals surface area contributed by atoms with Crippen LogP contribution < -0.4 is 5.32 Å². The van der Waals surface area contributed by atoms with Gasteiger partial charge in [0, 0.05) is 13.0 Å². The van der Waals surface area contributed by atoms with E-state index in [1.807, 2.05) is 0 Å². The molecular formula is C7H13NO3. The summed E-state index contributed by atoms with van der Waals surface area (Å²) in [6.07, 6.45) is 0.691. The van der Waals surface area contributed by atoms with Crippen molar-refractivity contribution >= 4 is 5.97 Å². The molecule has 1 atom stereocenters. The minimum absolute atomic E-state index is 0.238. The Balaban J connectivity index is 2.66. The van der Waals surface area contributed by atoms with Crippen LogP contribution in [0.5, 0.6) is 0 Å². The van der Waals surface area contributed by atoms with Gasteiger partial charge < -0.3 is 14.8 Å². The van der Waals surface area contributed by atoms with Gasteiger partial charge >= 0.3 is 5.97 Å². The number of esters is 1. The molecule has 0 aromatic rings. The van der Waals surface area contributed by atoms with Gasteiger partial charge in [0.05, 0.1) is 13.7 Å². The van der Waals surface area contributed by atoms with Gasteiger partial charge in [0.2, 0.25) is 0 Å². The standard InChI is InChI=1S/C7H13NO3/c1-8-7(6(9)10-2)3-4-11-5-7/h8H,3-5H2,1-2H3. The lowest BCUT2D eigenvalue weighted by molar-refractivity contribution is -0.148. The van der Waals surface area contributed by atoms with E-state index in [1.54, 1.807) is 7.05 Å². The average Bonchev–Trinajstić information content (AvgIpc) is 2.52. The van der Waals surface area contributed by atoms with Crippen molar-refractivity contribution in [1.82, 2.24) is 5.32 Å². The Labute approximate surface area is 65.9 Å². The summed E-state index contributed by atoms with van der Waals surface area (Å²) >= 11 is 0. The summed E-state index contributed by atoms with van der Waals surface area (Å²) in [4.78, 5) is 11.2. The fourth-order valence-corrected chi connectivity index (χ4v) is 1.22. The first-order valence-electron chi connectivity index (χ1n) is 3.60. The summed E-state index contributed by atoms with van der Waals surface area (Å²) in [6.45, 7) is 1.03. The molecule has 1 aliphatic rings. The molecule has 0 amide bonds. The summed E-state index contributed by atoms with van der Waals surface area (Å²) < 4.78 is 9.76. The third kappa shape index (κ3) is 1.36. The van der Waals surface area contributed by atoms with Crippen molar-refractivity contribution in [2.24, 2.45) is 0 Å². The quantitative estimate of drug-likeness (QED) is 0.554. The maximum absolute atomic E-state index is 11.2. The lowest BCUT2D eigenvalue weighted by Crippen LogP contribution is -2.51. The maximum atomic E-state index is 11.2. The molecule has 11 heavy (non-hydrogen) atoms. The van der Waals surface area contributed by atoms with Crippen molar-refractivity contribution < 1.29 is 14.3 Å². The Hall–Kier alpha value is -0.610. The first-order chi connectivity index (χ1) is 5.25. The highest BCUT2D eigenvalue weighted by Gasteiger charge is 2.41. The first-order valence-corrected chi connectivity index (χ1v) is 3.60. The maximum Gasteiger partial charge on any atom is 0.328 e. The summed E-state index contributed by atoms with van der Waals surface area (Å²) in [5, 5.41) is 2.93. The highest BCUT2D eigenvalue weighted by Crippen LogP contribution is 2.19. The number of methoxy groups -OCH3 is 1. The summed E-state index contributed by atoms with van der Waals surface area (Å²) in [5.74, 6) is -0.238. The predicted octanol–water partition coefficient (Wildman–Crippen LogP) is -0.462. The van der Waals surface area contributed by atoms with Gasteiger partial charge in [-0.05, 0) is 7.05 Å². The Morgan fingerprint density at radius 2 is 2.45 bits per heavy atom. The molecule has 0 bridgehead atoms. The topological polar surface area (TPSA) is 47.6 Å². The highest BCUT2D eigenvalue weighted by atomic mass is 16.5. The Bertz CT molecular complexity index is 152. The number of rotatable bonds is 2. The van der Waals surface area contributed by atoms with Crippen molar-refractivity contribution in [2.75, 3.05) is 27.4 Å². The van der Waals surface area contributed by atoms with Crippen molar-refractivity contribution in [2.45, 2.75) is 12.0 Å². The number of likely N-dealkylation sites (N-methyl/N-ethyl adjacent to an activating group) is 1. The van der Waals surface area contributed by atoms with E-state index >= 15 is 0 Å². The fraction of sp³-hybridized carbons (Fsp3) is 0.857. The van der Waals surface area contributed by atoms with Crippen molar-refractivity contribution in [3.8, 4) is 0 Å². The fourth-order valence-electron chi connectivity index (χ4n) is 1.22. The monoisotopic (exact) mass is 159 g/mol. The molecule has 4 nitrogen and oxygen atoms in total. The van der Waals surface area contributed by atoms with Crippen LogP contribution in [0.15, 0.2) is 0 Å². The van der Waals surface area contributed by atoms with Crippen molar-refractivity contribution in [3.05, 3.63) is 0 Å². The zero-order valence-electron chi connectivity index (χ0n) is 6.85. The number of hydrogen-bond acceptors (Lipinski definition) is 4. The van der Waals surface area contributed by atoms with E-state index in [0.29, 0.717) is 19.6 Å². The number of carbonyl (C=O) groups excluding carboxylic acids is 1. The van der Waals surface area contributed by atoms with Crippen molar-refractivity contribution in [1.29, 1.82) is 0 Å². The van der Waals surface area contributed by atoms with E-state index < -0.39 is 5.54 Å². The minimum Gasteiger partial charge on any atom is -0.468 e. The molecule has 4 heteroatoms. The predicted molar refractivity (Wildman–Crippen MR) is 39.2 cm³/mol. The van der Waals surface area contributed by atoms with Gasteiger partial charge in [0.1, 0.15) is 5.54 Å². The smallest absolute Gasteiger partial charge is 0.328 e. The lowest BCUT2D eigenvalue weighted by atomic mass is 10.00. The second kappa shape index (κ2) is 3.19. The van der Waals surface area contributed by atoms with Gasteiger partial charge in [-0.1, -0.05) is 0 Å². The summed E-state index contributed by atoms with van der Waals surface area (Å²) in [7, 11) is 3.13. The third-order valence-corrected chi connectivity index (χ3v) is 2.08. The Kier molecular flexibility index (Phi) is 2.46. The van der Waals surface area contributed by atoms with E-state index in [1.165, 1.54) is 7.11 Å². The number of carbonyl (C=O) groups is 1. The molecule has 0 aromatic heterocycles. The van der Waals surface area contributed by atoms with Crippen LogP contribution >= 0.6 is 0 Å². The third-order valence-electron chi connectivity index (χ3n) is 2.08. The largest absolute Gasteiger partial charge is 0.468 e. The van der Waals surface area contributed by atoms with E-state index in [2.05, 4.69) is 10.1 Å².